The van der Waals surface area contributed by atoms with Gasteiger partial charge in [-0.2, -0.15) is 0 Å². The minimum Gasteiger partial charge on any atom is -0.466 e. The van der Waals surface area contributed by atoms with Crippen LogP contribution in [0, 0.1) is 0 Å². The third kappa shape index (κ3) is 36.6. The molecular weight excluding hydrogens is 716 g/mol. The van der Waals surface area contributed by atoms with Crippen LogP contribution >= 0.6 is 0 Å². The van der Waals surface area contributed by atoms with Crippen molar-refractivity contribution in [2.75, 3.05) is 80.8 Å². The summed E-state index contributed by atoms with van der Waals surface area (Å²) in [5, 5.41) is 0. The van der Waals surface area contributed by atoms with E-state index in [-0.39, 0.29) is 55.6 Å². The Morgan fingerprint density at radius 3 is 1.50 bits per heavy atom. The Kier molecular flexibility index (Phi) is 32.3. The third-order valence-corrected chi connectivity index (χ3v) is 9.68. The number of hydrogen-bond acceptors (Lipinski definition) is 10. The molecule has 0 amide bonds. The molecule has 0 aliphatic carbocycles. The molecule has 326 valence electrons. The molecule has 0 aromatic carbocycles. The molecule has 0 aromatic heterocycles. The first kappa shape index (κ1) is 53.0. The van der Waals surface area contributed by atoms with E-state index in [1.807, 2.05) is 28.2 Å². The highest BCUT2D eigenvalue weighted by Gasteiger charge is 2.24. The number of carbonyl (C=O) groups is 5. The minimum absolute atomic E-state index is 0.0902. The van der Waals surface area contributed by atoms with Gasteiger partial charge in [0.1, 0.15) is 32.4 Å². The maximum atomic E-state index is 12.7. The number of ether oxygens (including phenoxy) is 5. The van der Waals surface area contributed by atoms with Crippen LogP contribution in [-0.2, 0) is 47.7 Å². The summed E-state index contributed by atoms with van der Waals surface area (Å²) < 4.78 is 27.5. The van der Waals surface area contributed by atoms with Crippen molar-refractivity contribution in [1.29, 1.82) is 0 Å². The highest BCUT2D eigenvalue weighted by molar-refractivity contribution is 5.71. The van der Waals surface area contributed by atoms with Crippen molar-refractivity contribution < 1.29 is 56.6 Å². The quantitative estimate of drug-likeness (QED) is 0.0200. The first-order valence-corrected chi connectivity index (χ1v) is 21.7. The lowest BCUT2D eigenvalue weighted by Gasteiger charge is -2.29. The van der Waals surface area contributed by atoms with Gasteiger partial charge in [0.15, 0.2) is 13.1 Å². The Balaban J connectivity index is 3.87. The second-order valence-corrected chi connectivity index (χ2v) is 16.6. The van der Waals surface area contributed by atoms with E-state index >= 15 is 0 Å². The molecule has 0 bridgehead atoms. The highest BCUT2D eigenvalue weighted by Crippen LogP contribution is 2.15. The van der Waals surface area contributed by atoms with Gasteiger partial charge >= 0.3 is 29.8 Å². The lowest BCUT2D eigenvalue weighted by Crippen LogP contribution is -2.47. The van der Waals surface area contributed by atoms with Gasteiger partial charge in [0, 0.05) is 26.7 Å². The Hall–Kier alpha value is -2.99. The summed E-state index contributed by atoms with van der Waals surface area (Å²) in [5.74, 6) is -1.15. The standard InChI is InChI=1S/C44H82N2O10/c1-8-9-10-23-28-41(56-44(51)38-46(6,7)32-36-53-40(3)48)29-24-19-15-11-12-16-20-25-30-42(49)54-33-26-21-17-13-14-18-22-27-34-55-43(50)37-45(4,5)31-35-52-39(2)47/h19,24,41H,8-18,20-23,25-38H2,1-7H3/q+2/b24-19-. The lowest BCUT2D eigenvalue weighted by molar-refractivity contribution is -0.883. The van der Waals surface area contributed by atoms with Crippen molar-refractivity contribution in [3.8, 4) is 0 Å². The van der Waals surface area contributed by atoms with Crippen LogP contribution < -0.4 is 0 Å². The molecule has 0 saturated carbocycles. The van der Waals surface area contributed by atoms with Crippen LogP contribution in [0.5, 0.6) is 0 Å². The van der Waals surface area contributed by atoms with Crippen LogP contribution in [0.15, 0.2) is 12.2 Å². The molecule has 0 N–H and O–H groups in total. The van der Waals surface area contributed by atoms with Gasteiger partial charge in [-0.1, -0.05) is 96.1 Å². The van der Waals surface area contributed by atoms with E-state index in [0.29, 0.717) is 48.3 Å². The fourth-order valence-electron chi connectivity index (χ4n) is 6.16. The van der Waals surface area contributed by atoms with Crippen LogP contribution in [0.3, 0.4) is 0 Å². The summed E-state index contributed by atoms with van der Waals surface area (Å²) in [5.41, 5.74) is 0. The fraction of sp³-hybridized carbons (Fsp3) is 0.841. The van der Waals surface area contributed by atoms with E-state index in [1.165, 1.54) is 26.7 Å². The van der Waals surface area contributed by atoms with Crippen molar-refractivity contribution in [2.45, 2.75) is 162 Å². The molecule has 0 aliphatic heterocycles. The number of hydrogen-bond donors (Lipinski definition) is 0. The molecule has 0 aromatic rings. The number of esters is 5. The Morgan fingerprint density at radius 2 is 0.964 bits per heavy atom. The molecule has 0 fully saturated rings. The molecule has 0 rings (SSSR count). The fourth-order valence-corrected chi connectivity index (χ4v) is 6.16. The predicted octanol–water partition coefficient (Wildman–Crippen LogP) is 8.03. The molecule has 12 heteroatoms. The largest absolute Gasteiger partial charge is 0.466 e. The van der Waals surface area contributed by atoms with Crippen LogP contribution in [0.2, 0.25) is 0 Å². The normalized spacial score (nSPS) is 12.3. The van der Waals surface area contributed by atoms with Crippen molar-refractivity contribution in [3.63, 3.8) is 0 Å². The zero-order valence-corrected chi connectivity index (χ0v) is 36.7. The van der Waals surface area contributed by atoms with E-state index < -0.39 is 0 Å². The molecule has 0 aliphatic rings. The van der Waals surface area contributed by atoms with Gasteiger partial charge in [0.05, 0.1) is 41.4 Å². The molecule has 1 unspecified atom stereocenters. The van der Waals surface area contributed by atoms with Crippen molar-refractivity contribution in [1.82, 2.24) is 0 Å². The number of rotatable bonds is 37. The number of quaternary nitrogens is 2. The van der Waals surface area contributed by atoms with E-state index in [0.717, 1.165) is 116 Å². The Labute approximate surface area is 340 Å². The van der Waals surface area contributed by atoms with Gasteiger partial charge in [0.2, 0.25) is 0 Å². The summed E-state index contributed by atoms with van der Waals surface area (Å²) in [6, 6.07) is 0. The summed E-state index contributed by atoms with van der Waals surface area (Å²) in [7, 11) is 7.72. The van der Waals surface area contributed by atoms with E-state index in [9.17, 15) is 24.0 Å². The summed E-state index contributed by atoms with van der Waals surface area (Å²) in [6.07, 6.45) is 25.5. The van der Waals surface area contributed by atoms with E-state index in [4.69, 9.17) is 23.7 Å². The molecule has 56 heavy (non-hydrogen) atoms. The Bertz CT molecular complexity index is 1090. The first-order chi connectivity index (χ1) is 26.7. The monoisotopic (exact) mass is 799 g/mol. The molecule has 0 radical (unpaired) electrons. The number of likely N-dealkylation sites (N-methyl/N-ethyl adjacent to an activating group) is 2. The minimum atomic E-state index is -0.314. The van der Waals surface area contributed by atoms with Gasteiger partial charge in [-0.3, -0.25) is 14.4 Å². The third-order valence-electron chi connectivity index (χ3n) is 9.68. The summed E-state index contributed by atoms with van der Waals surface area (Å²) in [4.78, 5) is 58.9. The van der Waals surface area contributed by atoms with Crippen LogP contribution in [0.1, 0.15) is 156 Å². The Morgan fingerprint density at radius 1 is 0.500 bits per heavy atom. The zero-order chi connectivity index (χ0) is 41.9. The van der Waals surface area contributed by atoms with Crippen LogP contribution in [0.4, 0.5) is 0 Å². The predicted molar refractivity (Wildman–Crippen MR) is 221 cm³/mol. The van der Waals surface area contributed by atoms with Crippen LogP contribution in [0.25, 0.3) is 0 Å². The van der Waals surface area contributed by atoms with E-state index in [1.54, 1.807) is 0 Å². The van der Waals surface area contributed by atoms with Gasteiger partial charge in [0.25, 0.3) is 0 Å². The summed E-state index contributed by atoms with van der Waals surface area (Å²) in [6.45, 7) is 8.08. The van der Waals surface area contributed by atoms with Crippen molar-refractivity contribution in [2.24, 2.45) is 0 Å². The van der Waals surface area contributed by atoms with Crippen molar-refractivity contribution in [3.05, 3.63) is 12.2 Å². The average molecular weight is 799 g/mol. The molecule has 0 saturated heterocycles. The molecular formula is C44H82N2O10+2. The lowest BCUT2D eigenvalue weighted by atomic mass is 10.1. The highest BCUT2D eigenvalue weighted by atomic mass is 16.6. The maximum Gasteiger partial charge on any atom is 0.362 e. The topological polar surface area (TPSA) is 132 Å². The van der Waals surface area contributed by atoms with Crippen molar-refractivity contribution >= 4 is 29.8 Å². The van der Waals surface area contributed by atoms with Gasteiger partial charge < -0.3 is 32.7 Å². The molecule has 1 atom stereocenters. The number of nitrogens with zero attached hydrogens (tertiary/aromatic N) is 2. The second-order valence-electron chi connectivity index (χ2n) is 16.6. The first-order valence-electron chi connectivity index (χ1n) is 21.7. The van der Waals surface area contributed by atoms with Gasteiger partial charge in [-0.15, -0.1) is 0 Å². The number of unbranched alkanes of at least 4 members (excludes halogenated alkanes) is 15. The van der Waals surface area contributed by atoms with Gasteiger partial charge in [-0.05, 0) is 44.9 Å². The van der Waals surface area contributed by atoms with E-state index in [2.05, 4.69) is 19.1 Å². The second kappa shape index (κ2) is 34.1. The number of carbonyl (C=O) groups excluding carboxylic acids is 5. The average Bonchev–Trinajstić information content (AvgIpc) is 3.10. The molecule has 0 spiro atoms. The SMILES string of the molecule is CCCCCCC(C/C=C\CCCCCCCC(=O)OCCCCCCCCCCOC(=O)C[N+](C)(C)CCOC(C)=O)OC(=O)C[N+](C)(C)CCOC(C)=O. The maximum absolute atomic E-state index is 12.7. The van der Waals surface area contributed by atoms with Gasteiger partial charge in [-0.25, -0.2) is 9.59 Å². The van der Waals surface area contributed by atoms with Crippen LogP contribution in [-0.4, -0.2) is 126 Å². The summed E-state index contributed by atoms with van der Waals surface area (Å²) >= 11 is 0. The molecule has 12 nitrogen and oxygen atoms in total. The smallest absolute Gasteiger partial charge is 0.362 e. The number of allylic oxidation sites excluding steroid dienone is 1. The molecule has 0 heterocycles. The zero-order valence-electron chi connectivity index (χ0n) is 36.7.